The molecule has 0 aliphatic carbocycles. The average Bonchev–Trinajstić information content (AvgIpc) is 3.00. The van der Waals surface area contributed by atoms with Gasteiger partial charge in [0.05, 0.1) is 0 Å². The minimum atomic E-state index is -0.352. The van der Waals surface area contributed by atoms with Gasteiger partial charge in [0.25, 0.3) is 0 Å². The highest BCUT2D eigenvalue weighted by atomic mass is 16.2. The second kappa shape index (κ2) is 4.45. The molecule has 7 nitrogen and oxygen atoms in total. The van der Waals surface area contributed by atoms with Crippen molar-refractivity contribution in [2.24, 2.45) is 7.05 Å². The van der Waals surface area contributed by atoms with Crippen molar-refractivity contribution < 1.29 is 4.79 Å². The predicted octanol–water partition coefficient (Wildman–Crippen LogP) is 1.55. The standard InChI is InChI=1S/C12H12N6O/c1-17-5-4-9-6-10(2-3-11(9)17)15-12(19)16-18-7-13-14-8-18/h2-8H,1H3,(H2,15,16,19). The van der Waals surface area contributed by atoms with E-state index in [9.17, 15) is 4.79 Å². The molecular weight excluding hydrogens is 244 g/mol. The molecule has 0 saturated carbocycles. The molecule has 2 heterocycles. The predicted molar refractivity (Wildman–Crippen MR) is 71.3 cm³/mol. The molecule has 0 unspecified atom stereocenters. The van der Waals surface area contributed by atoms with Crippen LogP contribution in [0.4, 0.5) is 10.5 Å². The molecule has 0 atom stereocenters. The van der Waals surface area contributed by atoms with Crippen molar-refractivity contribution in [1.82, 2.24) is 19.4 Å². The number of urea groups is 1. The number of carbonyl (C=O) groups is 1. The molecule has 2 aromatic heterocycles. The first-order valence-electron chi connectivity index (χ1n) is 5.70. The second-order valence-electron chi connectivity index (χ2n) is 4.14. The first-order chi connectivity index (χ1) is 9.22. The Morgan fingerprint density at radius 3 is 2.79 bits per heavy atom. The Morgan fingerprint density at radius 1 is 1.21 bits per heavy atom. The fourth-order valence-corrected chi connectivity index (χ4v) is 1.89. The van der Waals surface area contributed by atoms with Gasteiger partial charge in [-0.15, -0.1) is 10.2 Å². The summed E-state index contributed by atoms with van der Waals surface area (Å²) in [5.41, 5.74) is 4.40. The van der Waals surface area contributed by atoms with E-state index in [4.69, 9.17) is 0 Å². The van der Waals surface area contributed by atoms with Crippen molar-refractivity contribution in [1.29, 1.82) is 0 Å². The summed E-state index contributed by atoms with van der Waals surface area (Å²) in [5.74, 6) is 0. The molecule has 19 heavy (non-hydrogen) atoms. The number of aryl methyl sites for hydroxylation is 1. The van der Waals surface area contributed by atoms with Crippen molar-refractivity contribution in [2.75, 3.05) is 10.7 Å². The number of nitrogens with one attached hydrogen (secondary N) is 2. The van der Waals surface area contributed by atoms with E-state index in [0.717, 1.165) is 16.6 Å². The summed E-state index contributed by atoms with van der Waals surface area (Å²) in [6, 6.07) is 7.38. The lowest BCUT2D eigenvalue weighted by atomic mass is 10.2. The molecule has 1 aromatic carbocycles. The van der Waals surface area contributed by atoms with Gasteiger partial charge in [0.15, 0.2) is 0 Å². The van der Waals surface area contributed by atoms with Crippen molar-refractivity contribution in [2.45, 2.75) is 0 Å². The molecule has 2 N–H and O–H groups in total. The molecule has 0 spiro atoms. The summed E-state index contributed by atoms with van der Waals surface area (Å²) in [5, 5.41) is 11.0. The van der Waals surface area contributed by atoms with Gasteiger partial charge < -0.3 is 9.88 Å². The van der Waals surface area contributed by atoms with Crippen LogP contribution in [0.2, 0.25) is 0 Å². The Kier molecular flexibility index (Phi) is 2.64. The van der Waals surface area contributed by atoms with Crippen LogP contribution < -0.4 is 10.7 Å². The van der Waals surface area contributed by atoms with E-state index in [2.05, 4.69) is 20.9 Å². The number of hydrogen-bond acceptors (Lipinski definition) is 3. The Bertz CT molecular complexity index is 715. The van der Waals surface area contributed by atoms with E-state index in [-0.39, 0.29) is 6.03 Å². The van der Waals surface area contributed by atoms with Gasteiger partial charge in [-0.05, 0) is 24.3 Å². The molecule has 96 valence electrons. The van der Waals surface area contributed by atoms with Crippen LogP contribution in [0.15, 0.2) is 43.1 Å². The highest BCUT2D eigenvalue weighted by Gasteiger charge is 2.04. The lowest BCUT2D eigenvalue weighted by molar-refractivity contribution is 0.259. The van der Waals surface area contributed by atoms with Crippen molar-refractivity contribution in [3.63, 3.8) is 0 Å². The third kappa shape index (κ3) is 2.25. The summed E-state index contributed by atoms with van der Waals surface area (Å²) in [7, 11) is 1.98. The van der Waals surface area contributed by atoms with Crippen LogP contribution >= 0.6 is 0 Å². The zero-order valence-corrected chi connectivity index (χ0v) is 10.2. The zero-order chi connectivity index (χ0) is 13.2. The van der Waals surface area contributed by atoms with Gasteiger partial charge in [-0.25, -0.2) is 14.9 Å². The Morgan fingerprint density at radius 2 is 2.00 bits per heavy atom. The molecule has 0 aliphatic heterocycles. The van der Waals surface area contributed by atoms with Crippen LogP contribution in [0, 0.1) is 0 Å². The number of hydrogen-bond donors (Lipinski definition) is 2. The van der Waals surface area contributed by atoms with E-state index in [0.29, 0.717) is 0 Å². The fourth-order valence-electron chi connectivity index (χ4n) is 1.89. The molecule has 0 radical (unpaired) electrons. The van der Waals surface area contributed by atoms with E-state index in [1.54, 1.807) is 0 Å². The van der Waals surface area contributed by atoms with Crippen LogP contribution in [0.1, 0.15) is 0 Å². The van der Waals surface area contributed by atoms with Crippen molar-refractivity contribution in [3.05, 3.63) is 43.1 Å². The van der Waals surface area contributed by atoms with Crippen LogP contribution in [-0.4, -0.2) is 25.5 Å². The molecule has 3 rings (SSSR count). The summed E-state index contributed by atoms with van der Waals surface area (Å²) in [6.07, 6.45) is 4.78. The highest BCUT2D eigenvalue weighted by molar-refractivity contribution is 5.97. The third-order valence-corrected chi connectivity index (χ3v) is 2.79. The fraction of sp³-hybridized carbons (Fsp3) is 0.0833. The van der Waals surface area contributed by atoms with E-state index in [1.165, 1.54) is 17.3 Å². The third-order valence-electron chi connectivity index (χ3n) is 2.79. The lowest BCUT2D eigenvalue weighted by Crippen LogP contribution is -2.26. The molecule has 0 bridgehead atoms. The Balaban J connectivity index is 1.75. The quantitative estimate of drug-likeness (QED) is 0.730. The zero-order valence-electron chi connectivity index (χ0n) is 10.2. The van der Waals surface area contributed by atoms with Gasteiger partial charge in [0.1, 0.15) is 12.7 Å². The Hall–Kier alpha value is -2.83. The molecule has 2 amide bonds. The summed E-state index contributed by atoms with van der Waals surface area (Å²) < 4.78 is 3.40. The molecule has 7 heteroatoms. The maximum absolute atomic E-state index is 11.7. The van der Waals surface area contributed by atoms with E-state index in [1.807, 2.05) is 42.1 Å². The highest BCUT2D eigenvalue weighted by Crippen LogP contribution is 2.19. The smallest absolute Gasteiger partial charge is 0.338 e. The summed E-state index contributed by atoms with van der Waals surface area (Å²) >= 11 is 0. The minimum absolute atomic E-state index is 0.352. The topological polar surface area (TPSA) is 76.8 Å². The maximum Gasteiger partial charge on any atom is 0.338 e. The number of aromatic nitrogens is 4. The summed E-state index contributed by atoms with van der Waals surface area (Å²) in [6.45, 7) is 0. The van der Waals surface area contributed by atoms with Gasteiger partial charge in [-0.1, -0.05) is 0 Å². The Labute approximate surface area is 108 Å². The van der Waals surface area contributed by atoms with Crippen LogP contribution in [0.25, 0.3) is 10.9 Å². The summed E-state index contributed by atoms with van der Waals surface area (Å²) in [4.78, 5) is 11.7. The van der Waals surface area contributed by atoms with E-state index >= 15 is 0 Å². The number of rotatable bonds is 2. The van der Waals surface area contributed by atoms with E-state index < -0.39 is 0 Å². The molecule has 0 saturated heterocycles. The number of carbonyl (C=O) groups excluding carboxylic acids is 1. The largest absolute Gasteiger partial charge is 0.351 e. The molecule has 0 aliphatic rings. The van der Waals surface area contributed by atoms with Gasteiger partial charge >= 0.3 is 6.03 Å². The van der Waals surface area contributed by atoms with Crippen LogP contribution in [0.5, 0.6) is 0 Å². The van der Waals surface area contributed by atoms with Crippen molar-refractivity contribution >= 4 is 22.6 Å². The first-order valence-corrected chi connectivity index (χ1v) is 5.70. The number of amides is 2. The van der Waals surface area contributed by atoms with Gasteiger partial charge in [-0.2, -0.15) is 0 Å². The molecule has 0 fully saturated rings. The number of nitrogens with zero attached hydrogens (tertiary/aromatic N) is 4. The minimum Gasteiger partial charge on any atom is -0.351 e. The number of fused-ring (bicyclic) bond motifs is 1. The monoisotopic (exact) mass is 256 g/mol. The maximum atomic E-state index is 11.7. The SMILES string of the molecule is Cn1ccc2cc(NC(=O)Nn3cnnc3)ccc21. The molecule has 3 aromatic rings. The van der Waals surface area contributed by atoms with Gasteiger partial charge in [0.2, 0.25) is 0 Å². The average molecular weight is 256 g/mol. The number of benzene rings is 1. The van der Waals surface area contributed by atoms with Gasteiger partial charge in [-0.3, -0.25) is 0 Å². The van der Waals surface area contributed by atoms with Crippen LogP contribution in [-0.2, 0) is 7.05 Å². The second-order valence-corrected chi connectivity index (χ2v) is 4.14. The molecular formula is C12H12N6O. The number of anilines is 1. The van der Waals surface area contributed by atoms with Crippen LogP contribution in [0.3, 0.4) is 0 Å². The normalized spacial score (nSPS) is 10.6. The first kappa shape index (κ1) is 11.3. The van der Waals surface area contributed by atoms with Gasteiger partial charge in [0, 0.05) is 29.8 Å². The van der Waals surface area contributed by atoms with Crippen molar-refractivity contribution in [3.8, 4) is 0 Å². The lowest BCUT2D eigenvalue weighted by Gasteiger charge is -2.07.